The first-order valence-corrected chi connectivity index (χ1v) is 7.08. The Morgan fingerprint density at radius 3 is 2.63 bits per heavy atom. The van der Waals surface area contributed by atoms with Crippen LogP contribution in [-0.4, -0.2) is 10.2 Å². The van der Waals surface area contributed by atoms with Crippen LogP contribution in [-0.2, 0) is 0 Å². The third-order valence-corrected chi connectivity index (χ3v) is 4.38. The Balaban J connectivity index is 1.92. The fourth-order valence-corrected chi connectivity index (χ4v) is 3.01. The molecular weight excluding hydrogens is 280 g/mol. The molecule has 2 aromatic heterocycles. The van der Waals surface area contributed by atoms with Gasteiger partial charge in [-0.2, -0.15) is 0 Å². The predicted molar refractivity (Wildman–Crippen MR) is 76.5 cm³/mol. The Hall–Kier alpha value is -1.65. The minimum Gasteiger partial charge on any atom is -0.461 e. The maximum absolute atomic E-state index is 6.42. The van der Waals surface area contributed by atoms with E-state index < -0.39 is 0 Å². The lowest BCUT2D eigenvalue weighted by atomic mass is 10.1. The molecule has 1 aromatic carbocycles. The molecule has 0 aliphatic carbocycles. The second-order valence-corrected chi connectivity index (χ2v) is 5.60. The molecular formula is C14H11ClN2OS. The molecule has 96 valence electrons. The Morgan fingerprint density at radius 2 is 1.95 bits per heavy atom. The molecule has 0 aliphatic rings. The summed E-state index contributed by atoms with van der Waals surface area (Å²) in [5, 5.41) is 9.59. The van der Waals surface area contributed by atoms with E-state index in [1.54, 1.807) is 6.26 Å². The summed E-state index contributed by atoms with van der Waals surface area (Å²) in [6.45, 7) is 1.98. The third-order valence-electron chi connectivity index (χ3n) is 2.81. The summed E-state index contributed by atoms with van der Waals surface area (Å²) in [7, 11) is 0. The molecule has 0 saturated carbocycles. The van der Waals surface area contributed by atoms with Crippen LogP contribution in [0.25, 0.3) is 10.8 Å². The average Bonchev–Trinajstić information content (AvgIpc) is 3.07. The van der Waals surface area contributed by atoms with Crippen LogP contribution in [0.15, 0.2) is 47.1 Å². The summed E-state index contributed by atoms with van der Waals surface area (Å²) in [5.41, 5.74) is 2.07. The molecule has 2 heterocycles. The molecule has 0 aliphatic heterocycles. The van der Waals surface area contributed by atoms with Gasteiger partial charge in [0.05, 0.1) is 6.26 Å². The SMILES string of the molecule is Cc1ccoc1-c1nnc(C(Cl)c2ccccc2)s1. The van der Waals surface area contributed by atoms with Gasteiger partial charge >= 0.3 is 0 Å². The van der Waals surface area contributed by atoms with Crippen molar-refractivity contribution in [3.63, 3.8) is 0 Å². The second-order valence-electron chi connectivity index (χ2n) is 4.15. The number of alkyl halides is 1. The molecule has 3 rings (SSSR count). The molecule has 0 bridgehead atoms. The van der Waals surface area contributed by atoms with E-state index in [9.17, 15) is 0 Å². The lowest BCUT2D eigenvalue weighted by Gasteiger charge is -2.04. The fraction of sp³-hybridized carbons (Fsp3) is 0.143. The maximum Gasteiger partial charge on any atom is 0.183 e. The van der Waals surface area contributed by atoms with Crippen LogP contribution in [0.1, 0.15) is 21.5 Å². The van der Waals surface area contributed by atoms with Crippen LogP contribution in [0.5, 0.6) is 0 Å². The highest BCUT2D eigenvalue weighted by Gasteiger charge is 2.18. The zero-order chi connectivity index (χ0) is 13.2. The Bertz CT molecular complexity index is 678. The van der Waals surface area contributed by atoms with Gasteiger partial charge in [0.1, 0.15) is 10.4 Å². The topological polar surface area (TPSA) is 38.9 Å². The van der Waals surface area contributed by atoms with Crippen molar-refractivity contribution in [2.75, 3.05) is 0 Å². The van der Waals surface area contributed by atoms with Crippen molar-refractivity contribution in [3.05, 3.63) is 58.8 Å². The zero-order valence-corrected chi connectivity index (χ0v) is 11.8. The number of hydrogen-bond donors (Lipinski definition) is 0. The monoisotopic (exact) mass is 290 g/mol. The molecule has 5 heteroatoms. The number of nitrogens with zero attached hydrogens (tertiary/aromatic N) is 2. The van der Waals surface area contributed by atoms with Crippen LogP contribution < -0.4 is 0 Å². The van der Waals surface area contributed by atoms with Gasteiger partial charge in [0, 0.05) is 0 Å². The van der Waals surface area contributed by atoms with Crippen molar-refractivity contribution in [3.8, 4) is 10.8 Å². The number of furan rings is 1. The number of halogens is 1. The second kappa shape index (κ2) is 5.15. The van der Waals surface area contributed by atoms with E-state index in [-0.39, 0.29) is 5.38 Å². The first-order valence-electron chi connectivity index (χ1n) is 5.82. The van der Waals surface area contributed by atoms with Crippen LogP contribution >= 0.6 is 22.9 Å². The number of aromatic nitrogens is 2. The summed E-state index contributed by atoms with van der Waals surface area (Å²) in [4.78, 5) is 0. The van der Waals surface area contributed by atoms with E-state index >= 15 is 0 Å². The Labute approximate surface area is 119 Å². The number of rotatable bonds is 3. The van der Waals surface area contributed by atoms with Crippen LogP contribution in [0.3, 0.4) is 0 Å². The molecule has 3 nitrogen and oxygen atoms in total. The molecule has 1 unspecified atom stereocenters. The summed E-state index contributed by atoms with van der Waals surface area (Å²) in [5.74, 6) is 0.765. The molecule has 0 radical (unpaired) electrons. The van der Waals surface area contributed by atoms with Gasteiger partial charge in [-0.1, -0.05) is 41.7 Å². The molecule has 1 atom stereocenters. The van der Waals surface area contributed by atoms with Crippen molar-refractivity contribution in [2.24, 2.45) is 0 Å². The van der Waals surface area contributed by atoms with Crippen molar-refractivity contribution < 1.29 is 4.42 Å². The van der Waals surface area contributed by atoms with E-state index in [4.69, 9.17) is 16.0 Å². The van der Waals surface area contributed by atoms with E-state index in [1.807, 2.05) is 43.3 Å². The largest absolute Gasteiger partial charge is 0.461 e. The highest BCUT2D eigenvalue weighted by atomic mass is 35.5. The normalized spacial score (nSPS) is 12.5. The molecule has 0 fully saturated rings. The fourth-order valence-electron chi connectivity index (χ4n) is 1.79. The lowest BCUT2D eigenvalue weighted by molar-refractivity contribution is 0.579. The van der Waals surface area contributed by atoms with E-state index in [2.05, 4.69) is 10.2 Å². The van der Waals surface area contributed by atoms with Gasteiger partial charge in [-0.05, 0) is 24.1 Å². The number of aryl methyl sites for hydroxylation is 1. The third kappa shape index (κ3) is 2.41. The number of benzene rings is 1. The first kappa shape index (κ1) is 12.4. The average molecular weight is 291 g/mol. The van der Waals surface area contributed by atoms with Crippen molar-refractivity contribution >= 4 is 22.9 Å². The summed E-state index contributed by atoms with van der Waals surface area (Å²) in [6.07, 6.45) is 1.65. The van der Waals surface area contributed by atoms with E-state index in [0.29, 0.717) is 0 Å². The highest BCUT2D eigenvalue weighted by Crippen LogP contribution is 2.35. The first-order chi connectivity index (χ1) is 9.25. The molecule has 0 spiro atoms. The highest BCUT2D eigenvalue weighted by molar-refractivity contribution is 7.15. The Morgan fingerprint density at radius 1 is 1.16 bits per heavy atom. The van der Waals surface area contributed by atoms with Crippen molar-refractivity contribution in [1.82, 2.24) is 10.2 Å². The lowest BCUT2D eigenvalue weighted by Crippen LogP contribution is -1.91. The van der Waals surface area contributed by atoms with Crippen LogP contribution in [0.4, 0.5) is 0 Å². The smallest absolute Gasteiger partial charge is 0.183 e. The van der Waals surface area contributed by atoms with Crippen molar-refractivity contribution in [2.45, 2.75) is 12.3 Å². The van der Waals surface area contributed by atoms with Crippen LogP contribution in [0.2, 0.25) is 0 Å². The van der Waals surface area contributed by atoms with Gasteiger partial charge in [-0.25, -0.2) is 0 Å². The van der Waals surface area contributed by atoms with E-state index in [1.165, 1.54) is 11.3 Å². The maximum atomic E-state index is 6.42. The summed E-state index contributed by atoms with van der Waals surface area (Å²) >= 11 is 7.88. The molecule has 0 amide bonds. The van der Waals surface area contributed by atoms with Gasteiger partial charge in [-0.3, -0.25) is 0 Å². The van der Waals surface area contributed by atoms with Gasteiger partial charge in [-0.15, -0.1) is 21.8 Å². The van der Waals surface area contributed by atoms with Gasteiger partial charge in [0.15, 0.2) is 10.8 Å². The Kier molecular flexibility index (Phi) is 3.36. The molecule has 0 saturated heterocycles. The van der Waals surface area contributed by atoms with E-state index in [0.717, 1.165) is 26.9 Å². The van der Waals surface area contributed by atoms with Crippen LogP contribution in [0, 0.1) is 6.92 Å². The minimum absolute atomic E-state index is 0.275. The van der Waals surface area contributed by atoms with Gasteiger partial charge in [0.25, 0.3) is 0 Å². The van der Waals surface area contributed by atoms with Crippen molar-refractivity contribution in [1.29, 1.82) is 0 Å². The van der Waals surface area contributed by atoms with Gasteiger partial charge < -0.3 is 4.42 Å². The zero-order valence-electron chi connectivity index (χ0n) is 10.2. The predicted octanol–water partition coefficient (Wildman–Crippen LogP) is 4.43. The van der Waals surface area contributed by atoms with Gasteiger partial charge in [0.2, 0.25) is 0 Å². The minimum atomic E-state index is -0.275. The molecule has 0 N–H and O–H groups in total. The quantitative estimate of drug-likeness (QED) is 0.670. The molecule has 19 heavy (non-hydrogen) atoms. The standard InChI is InChI=1S/C14H11ClN2OS/c1-9-7-8-18-12(9)14-17-16-13(19-14)11(15)10-5-3-2-4-6-10/h2-8,11H,1H3. The molecule has 3 aromatic rings. The number of hydrogen-bond acceptors (Lipinski definition) is 4. The summed E-state index contributed by atoms with van der Waals surface area (Å²) < 4.78 is 5.41. The summed E-state index contributed by atoms with van der Waals surface area (Å²) in [6, 6.07) is 11.8.